The van der Waals surface area contributed by atoms with E-state index in [2.05, 4.69) is 5.32 Å². The van der Waals surface area contributed by atoms with Gasteiger partial charge in [-0.05, 0) is 44.0 Å². The summed E-state index contributed by atoms with van der Waals surface area (Å²) in [6, 6.07) is 6.52. The van der Waals surface area contributed by atoms with Gasteiger partial charge in [0.15, 0.2) is 0 Å². The lowest BCUT2D eigenvalue weighted by Crippen LogP contribution is -2.32. The highest BCUT2D eigenvalue weighted by atomic mass is 32.2. The lowest BCUT2D eigenvalue weighted by Gasteiger charge is -2.18. The highest BCUT2D eigenvalue weighted by Crippen LogP contribution is 2.17. The molecule has 122 valence electrons. The number of anilines is 1. The average Bonchev–Trinajstić information content (AvgIpc) is 3.05. The van der Waals surface area contributed by atoms with E-state index in [1.807, 2.05) is 0 Å². The Morgan fingerprint density at radius 3 is 2.59 bits per heavy atom. The average molecular weight is 326 g/mol. The van der Waals surface area contributed by atoms with Crippen molar-refractivity contribution < 1.29 is 17.9 Å². The van der Waals surface area contributed by atoms with Crippen molar-refractivity contribution in [2.24, 2.45) is 0 Å². The van der Waals surface area contributed by atoms with Crippen LogP contribution in [0.2, 0.25) is 0 Å². The first-order valence-electron chi connectivity index (χ1n) is 7.40. The molecule has 2 rings (SSSR count). The summed E-state index contributed by atoms with van der Waals surface area (Å²) in [4.78, 5) is 12.0. The minimum atomic E-state index is -3.29. The van der Waals surface area contributed by atoms with Crippen molar-refractivity contribution >= 4 is 21.6 Å². The van der Waals surface area contributed by atoms with Crippen molar-refractivity contribution in [3.05, 3.63) is 29.8 Å². The fourth-order valence-corrected chi connectivity index (χ4v) is 3.12. The standard InChI is InChI=1S/C15H22N2O4S/c1-3-22(19,20)17(2)13-8-6-12(7-9-13)15(18)16-11-14-5-4-10-21-14/h6-9,14H,3-5,10-11H2,1-2H3,(H,16,18)/t14-/m1/s1. The molecular weight excluding hydrogens is 304 g/mol. The second-order valence-electron chi connectivity index (χ2n) is 5.26. The predicted octanol–water partition coefficient (Wildman–Crippen LogP) is 1.38. The molecule has 1 fully saturated rings. The van der Waals surface area contributed by atoms with Crippen LogP contribution in [0.3, 0.4) is 0 Å². The third-order valence-electron chi connectivity index (χ3n) is 3.79. The summed E-state index contributed by atoms with van der Waals surface area (Å²) in [5.41, 5.74) is 1.04. The maximum absolute atomic E-state index is 12.0. The SMILES string of the molecule is CCS(=O)(=O)N(C)c1ccc(C(=O)NC[C@H]2CCCO2)cc1. The van der Waals surface area contributed by atoms with Crippen LogP contribution in [0, 0.1) is 0 Å². The molecule has 1 atom stereocenters. The van der Waals surface area contributed by atoms with Crippen molar-refractivity contribution in [2.75, 3.05) is 30.3 Å². The topological polar surface area (TPSA) is 75.7 Å². The summed E-state index contributed by atoms with van der Waals surface area (Å²) < 4.78 is 30.3. The van der Waals surface area contributed by atoms with Crippen molar-refractivity contribution in [2.45, 2.75) is 25.9 Å². The maximum Gasteiger partial charge on any atom is 0.251 e. The van der Waals surface area contributed by atoms with Gasteiger partial charge in [-0.15, -0.1) is 0 Å². The molecule has 7 heteroatoms. The third-order valence-corrected chi connectivity index (χ3v) is 5.56. The maximum atomic E-state index is 12.0. The van der Waals surface area contributed by atoms with E-state index in [1.165, 1.54) is 11.4 Å². The van der Waals surface area contributed by atoms with Gasteiger partial charge in [0.2, 0.25) is 10.0 Å². The molecule has 0 aromatic heterocycles. The van der Waals surface area contributed by atoms with E-state index in [0.29, 0.717) is 17.8 Å². The normalized spacial score (nSPS) is 18.2. The summed E-state index contributed by atoms with van der Waals surface area (Å²) in [5.74, 6) is -0.143. The number of ether oxygens (including phenoxy) is 1. The quantitative estimate of drug-likeness (QED) is 0.857. The minimum Gasteiger partial charge on any atom is -0.376 e. The van der Waals surface area contributed by atoms with Gasteiger partial charge in [-0.25, -0.2) is 8.42 Å². The third kappa shape index (κ3) is 3.98. The smallest absolute Gasteiger partial charge is 0.251 e. The number of amides is 1. The van der Waals surface area contributed by atoms with Crippen LogP contribution in [0.25, 0.3) is 0 Å². The number of carbonyl (C=O) groups excluding carboxylic acids is 1. The van der Waals surface area contributed by atoms with Gasteiger partial charge in [0.05, 0.1) is 17.5 Å². The van der Waals surface area contributed by atoms with Crippen LogP contribution >= 0.6 is 0 Å². The molecule has 0 radical (unpaired) electrons. The molecule has 1 aliphatic rings. The Balaban J connectivity index is 1.97. The molecule has 1 aromatic rings. The second kappa shape index (κ2) is 7.11. The van der Waals surface area contributed by atoms with Crippen molar-refractivity contribution in [1.29, 1.82) is 0 Å². The van der Waals surface area contributed by atoms with E-state index in [4.69, 9.17) is 4.74 Å². The number of nitrogens with one attached hydrogen (secondary N) is 1. The molecule has 1 aliphatic heterocycles. The number of carbonyl (C=O) groups is 1. The number of hydrogen-bond donors (Lipinski definition) is 1. The lowest BCUT2D eigenvalue weighted by atomic mass is 10.2. The Morgan fingerprint density at radius 2 is 2.05 bits per heavy atom. The van der Waals surface area contributed by atoms with Crippen LogP contribution in [0.1, 0.15) is 30.1 Å². The monoisotopic (exact) mass is 326 g/mol. The van der Waals surface area contributed by atoms with Crippen LogP contribution in [0.15, 0.2) is 24.3 Å². The number of sulfonamides is 1. The van der Waals surface area contributed by atoms with Crippen LogP contribution in [0.5, 0.6) is 0 Å². The Hall–Kier alpha value is -1.60. The van der Waals surface area contributed by atoms with Crippen LogP contribution < -0.4 is 9.62 Å². The van der Waals surface area contributed by atoms with Gasteiger partial charge in [0, 0.05) is 25.8 Å². The Bertz CT molecular complexity index is 607. The molecule has 1 N–H and O–H groups in total. The fraction of sp³-hybridized carbons (Fsp3) is 0.533. The van der Waals surface area contributed by atoms with Crippen molar-refractivity contribution in [3.63, 3.8) is 0 Å². The first-order chi connectivity index (χ1) is 10.4. The number of rotatable bonds is 6. The van der Waals surface area contributed by atoms with Gasteiger partial charge in [-0.1, -0.05) is 0 Å². The molecular formula is C15H22N2O4S. The van der Waals surface area contributed by atoms with Gasteiger partial charge >= 0.3 is 0 Å². The van der Waals surface area contributed by atoms with Gasteiger partial charge in [0.25, 0.3) is 5.91 Å². The Labute approximate surface area is 131 Å². The number of benzene rings is 1. The van der Waals surface area contributed by atoms with Gasteiger partial charge in [-0.2, -0.15) is 0 Å². The molecule has 6 nitrogen and oxygen atoms in total. The molecule has 1 aromatic carbocycles. The number of nitrogens with zero attached hydrogens (tertiary/aromatic N) is 1. The molecule has 0 spiro atoms. The van der Waals surface area contributed by atoms with E-state index in [-0.39, 0.29) is 17.8 Å². The van der Waals surface area contributed by atoms with E-state index >= 15 is 0 Å². The highest BCUT2D eigenvalue weighted by molar-refractivity contribution is 7.92. The molecule has 0 aliphatic carbocycles. The first kappa shape index (κ1) is 16.8. The molecule has 1 saturated heterocycles. The zero-order valence-electron chi connectivity index (χ0n) is 12.9. The molecule has 1 amide bonds. The van der Waals surface area contributed by atoms with Crippen molar-refractivity contribution in [1.82, 2.24) is 5.32 Å². The van der Waals surface area contributed by atoms with E-state index in [1.54, 1.807) is 31.2 Å². The first-order valence-corrected chi connectivity index (χ1v) is 9.01. The minimum absolute atomic E-state index is 0.0348. The summed E-state index contributed by atoms with van der Waals surface area (Å²) in [7, 11) is -1.78. The molecule has 0 bridgehead atoms. The molecule has 1 heterocycles. The zero-order chi connectivity index (χ0) is 16.2. The van der Waals surface area contributed by atoms with Gasteiger partial charge in [0.1, 0.15) is 0 Å². The number of hydrogen-bond acceptors (Lipinski definition) is 4. The molecule has 0 unspecified atom stereocenters. The molecule has 0 saturated carbocycles. The lowest BCUT2D eigenvalue weighted by molar-refractivity contribution is 0.0858. The van der Waals surface area contributed by atoms with Gasteiger partial charge < -0.3 is 10.1 Å². The van der Waals surface area contributed by atoms with Crippen molar-refractivity contribution in [3.8, 4) is 0 Å². The summed E-state index contributed by atoms with van der Waals surface area (Å²) in [6.07, 6.45) is 2.11. The van der Waals surface area contributed by atoms with Crippen LogP contribution in [-0.4, -0.2) is 46.4 Å². The summed E-state index contributed by atoms with van der Waals surface area (Å²) in [5, 5.41) is 2.84. The Morgan fingerprint density at radius 1 is 1.36 bits per heavy atom. The van der Waals surface area contributed by atoms with Crippen LogP contribution in [-0.2, 0) is 14.8 Å². The summed E-state index contributed by atoms with van der Waals surface area (Å²) in [6.45, 7) is 2.86. The van der Waals surface area contributed by atoms with E-state index < -0.39 is 10.0 Å². The molecule has 22 heavy (non-hydrogen) atoms. The second-order valence-corrected chi connectivity index (χ2v) is 7.55. The van der Waals surface area contributed by atoms with Gasteiger partial charge in [-0.3, -0.25) is 9.10 Å². The Kier molecular flexibility index (Phi) is 5.42. The van der Waals surface area contributed by atoms with E-state index in [9.17, 15) is 13.2 Å². The highest BCUT2D eigenvalue weighted by Gasteiger charge is 2.18. The van der Waals surface area contributed by atoms with Crippen LogP contribution in [0.4, 0.5) is 5.69 Å². The largest absolute Gasteiger partial charge is 0.376 e. The zero-order valence-corrected chi connectivity index (χ0v) is 13.7. The predicted molar refractivity (Wildman–Crippen MR) is 85.6 cm³/mol. The van der Waals surface area contributed by atoms with E-state index in [0.717, 1.165) is 19.4 Å². The summed E-state index contributed by atoms with van der Waals surface area (Å²) >= 11 is 0. The fourth-order valence-electron chi connectivity index (χ4n) is 2.29.